The van der Waals surface area contributed by atoms with Crippen molar-refractivity contribution in [1.82, 2.24) is 5.32 Å². The Kier molecular flexibility index (Phi) is 5.38. The van der Waals surface area contributed by atoms with Crippen molar-refractivity contribution in [3.8, 4) is 11.5 Å². The van der Waals surface area contributed by atoms with E-state index in [1.807, 2.05) is 0 Å². The number of hydrogen-bond acceptors (Lipinski definition) is 4. The summed E-state index contributed by atoms with van der Waals surface area (Å²) in [6.07, 6.45) is 2.30. The maximum atomic E-state index is 13.9. The lowest BCUT2D eigenvalue weighted by atomic mass is 10.0. The third-order valence-electron chi connectivity index (χ3n) is 3.69. The van der Waals surface area contributed by atoms with Crippen molar-refractivity contribution in [2.75, 3.05) is 32.6 Å². The van der Waals surface area contributed by atoms with E-state index >= 15 is 0 Å². The van der Waals surface area contributed by atoms with Crippen LogP contribution in [0.1, 0.15) is 19.3 Å². The predicted octanol–water partition coefficient (Wildman–Crippen LogP) is 2.17. The molecule has 1 atom stereocenters. The molecule has 5 nitrogen and oxygen atoms in total. The number of benzene rings is 1. The number of nitrogens with one attached hydrogen (secondary N) is 2. The molecule has 0 bridgehead atoms. The fourth-order valence-electron chi connectivity index (χ4n) is 2.46. The van der Waals surface area contributed by atoms with Gasteiger partial charge in [-0.1, -0.05) is 0 Å². The first-order valence-corrected chi connectivity index (χ1v) is 7.06. The number of ether oxygens (including phenoxy) is 2. The Morgan fingerprint density at radius 2 is 2.10 bits per heavy atom. The lowest BCUT2D eigenvalue weighted by Crippen LogP contribution is -2.15. The minimum atomic E-state index is -0.538. The quantitative estimate of drug-likeness (QED) is 0.844. The highest BCUT2D eigenvalue weighted by Crippen LogP contribution is 2.32. The van der Waals surface area contributed by atoms with Crippen LogP contribution in [0.2, 0.25) is 0 Å². The Morgan fingerprint density at radius 3 is 2.71 bits per heavy atom. The van der Waals surface area contributed by atoms with E-state index in [1.165, 1.54) is 26.4 Å². The molecule has 116 valence electrons. The van der Waals surface area contributed by atoms with E-state index in [0.717, 1.165) is 25.9 Å². The number of anilines is 1. The van der Waals surface area contributed by atoms with Gasteiger partial charge >= 0.3 is 0 Å². The van der Waals surface area contributed by atoms with Gasteiger partial charge in [0.1, 0.15) is 0 Å². The number of methoxy groups -OCH3 is 2. The molecule has 1 aromatic carbocycles. The molecule has 1 heterocycles. The first kappa shape index (κ1) is 15.6. The fourth-order valence-corrected chi connectivity index (χ4v) is 2.46. The molecule has 1 fully saturated rings. The second-order valence-electron chi connectivity index (χ2n) is 5.13. The van der Waals surface area contributed by atoms with Crippen molar-refractivity contribution in [3.63, 3.8) is 0 Å². The molecule has 1 saturated heterocycles. The van der Waals surface area contributed by atoms with Crippen molar-refractivity contribution in [2.45, 2.75) is 19.3 Å². The molecule has 1 unspecified atom stereocenters. The largest absolute Gasteiger partial charge is 0.493 e. The molecule has 2 rings (SSSR count). The van der Waals surface area contributed by atoms with Crippen molar-refractivity contribution in [1.29, 1.82) is 0 Å². The Balaban J connectivity index is 1.96. The topological polar surface area (TPSA) is 59.6 Å². The summed E-state index contributed by atoms with van der Waals surface area (Å²) >= 11 is 0. The summed E-state index contributed by atoms with van der Waals surface area (Å²) in [5.74, 6) is 0.488. The molecule has 1 aliphatic rings. The van der Waals surface area contributed by atoms with E-state index in [2.05, 4.69) is 10.6 Å². The van der Waals surface area contributed by atoms with Crippen molar-refractivity contribution in [2.24, 2.45) is 5.92 Å². The first-order valence-electron chi connectivity index (χ1n) is 7.06. The van der Waals surface area contributed by atoms with Crippen LogP contribution in [0, 0.1) is 11.7 Å². The van der Waals surface area contributed by atoms with E-state index in [1.54, 1.807) is 0 Å². The van der Waals surface area contributed by atoms with E-state index in [-0.39, 0.29) is 11.6 Å². The summed E-state index contributed by atoms with van der Waals surface area (Å²) < 4.78 is 24.0. The molecule has 2 N–H and O–H groups in total. The van der Waals surface area contributed by atoms with Gasteiger partial charge in [-0.3, -0.25) is 4.79 Å². The molecule has 1 amide bonds. The monoisotopic (exact) mass is 296 g/mol. The van der Waals surface area contributed by atoms with Crippen LogP contribution in [0.15, 0.2) is 12.1 Å². The van der Waals surface area contributed by atoms with E-state index in [4.69, 9.17) is 9.47 Å². The van der Waals surface area contributed by atoms with Crippen LogP contribution >= 0.6 is 0 Å². The Morgan fingerprint density at radius 1 is 1.38 bits per heavy atom. The molecule has 21 heavy (non-hydrogen) atoms. The highest BCUT2D eigenvalue weighted by atomic mass is 19.1. The predicted molar refractivity (Wildman–Crippen MR) is 78.3 cm³/mol. The van der Waals surface area contributed by atoms with Gasteiger partial charge in [0.2, 0.25) is 5.91 Å². The zero-order valence-corrected chi connectivity index (χ0v) is 12.4. The first-order chi connectivity index (χ1) is 10.1. The number of hydrogen-bond donors (Lipinski definition) is 2. The second-order valence-corrected chi connectivity index (χ2v) is 5.13. The zero-order chi connectivity index (χ0) is 15.2. The van der Waals surface area contributed by atoms with Crippen LogP contribution in [0.25, 0.3) is 0 Å². The minimum Gasteiger partial charge on any atom is -0.493 e. The van der Waals surface area contributed by atoms with Gasteiger partial charge in [-0.2, -0.15) is 0 Å². The van der Waals surface area contributed by atoms with Gasteiger partial charge in [0, 0.05) is 18.6 Å². The van der Waals surface area contributed by atoms with Crippen LogP contribution in [0.3, 0.4) is 0 Å². The standard InChI is InChI=1S/C15H21FN2O3/c1-20-13-7-11(16)12(8-14(13)21-2)18-15(19)4-3-10-5-6-17-9-10/h7-8,10,17H,3-6,9H2,1-2H3,(H,18,19). The van der Waals surface area contributed by atoms with Crippen LogP contribution in [-0.4, -0.2) is 33.2 Å². The summed E-state index contributed by atoms with van der Waals surface area (Å²) in [7, 11) is 2.90. The van der Waals surface area contributed by atoms with Crippen LogP contribution in [0.4, 0.5) is 10.1 Å². The molecule has 0 aliphatic carbocycles. The normalized spacial score (nSPS) is 17.6. The van der Waals surface area contributed by atoms with Gasteiger partial charge in [0.25, 0.3) is 0 Å². The summed E-state index contributed by atoms with van der Waals surface area (Å²) in [6.45, 7) is 1.97. The summed E-state index contributed by atoms with van der Waals surface area (Å²) in [5, 5.41) is 5.85. The van der Waals surface area contributed by atoms with Crippen molar-refractivity contribution >= 4 is 11.6 Å². The Hall–Kier alpha value is -1.82. The van der Waals surface area contributed by atoms with Crippen molar-refractivity contribution < 1.29 is 18.7 Å². The van der Waals surface area contributed by atoms with E-state index in [9.17, 15) is 9.18 Å². The highest BCUT2D eigenvalue weighted by Gasteiger charge is 2.17. The SMILES string of the molecule is COc1cc(F)c(NC(=O)CCC2CCNC2)cc1OC. The molecule has 6 heteroatoms. The highest BCUT2D eigenvalue weighted by molar-refractivity contribution is 5.91. The maximum Gasteiger partial charge on any atom is 0.224 e. The fraction of sp³-hybridized carbons (Fsp3) is 0.533. The van der Waals surface area contributed by atoms with E-state index in [0.29, 0.717) is 23.8 Å². The third-order valence-corrected chi connectivity index (χ3v) is 3.69. The summed E-state index contributed by atoms with van der Waals surface area (Å²) in [4.78, 5) is 11.9. The number of carbonyl (C=O) groups excluding carboxylic acids is 1. The maximum absolute atomic E-state index is 13.9. The van der Waals surface area contributed by atoms with Crippen LogP contribution in [0.5, 0.6) is 11.5 Å². The van der Waals surface area contributed by atoms with Crippen LogP contribution in [-0.2, 0) is 4.79 Å². The zero-order valence-electron chi connectivity index (χ0n) is 12.4. The van der Waals surface area contributed by atoms with Crippen molar-refractivity contribution in [3.05, 3.63) is 17.9 Å². The molecule has 0 aromatic heterocycles. The number of carbonyl (C=O) groups is 1. The molecular weight excluding hydrogens is 275 g/mol. The molecule has 0 spiro atoms. The Bertz CT molecular complexity index is 502. The summed E-state index contributed by atoms with van der Waals surface area (Å²) in [6, 6.07) is 2.64. The molecule has 1 aliphatic heterocycles. The minimum absolute atomic E-state index is 0.113. The molecule has 0 radical (unpaired) electrons. The average Bonchev–Trinajstić information content (AvgIpc) is 3.00. The van der Waals surface area contributed by atoms with Gasteiger partial charge in [0.15, 0.2) is 17.3 Å². The number of amides is 1. The molecular formula is C15H21FN2O3. The van der Waals surface area contributed by atoms with Gasteiger partial charge < -0.3 is 20.1 Å². The molecule has 0 saturated carbocycles. The van der Waals surface area contributed by atoms with Gasteiger partial charge in [-0.15, -0.1) is 0 Å². The number of halogens is 1. The average molecular weight is 296 g/mol. The second kappa shape index (κ2) is 7.26. The van der Waals surface area contributed by atoms with Crippen LogP contribution < -0.4 is 20.1 Å². The van der Waals surface area contributed by atoms with E-state index < -0.39 is 5.82 Å². The number of rotatable bonds is 6. The van der Waals surface area contributed by atoms with Gasteiger partial charge in [0.05, 0.1) is 19.9 Å². The lowest BCUT2D eigenvalue weighted by molar-refractivity contribution is -0.116. The van der Waals surface area contributed by atoms with Gasteiger partial charge in [-0.25, -0.2) is 4.39 Å². The smallest absolute Gasteiger partial charge is 0.224 e. The summed E-state index contributed by atoms with van der Waals surface area (Å²) in [5.41, 5.74) is 0.113. The van der Waals surface area contributed by atoms with Gasteiger partial charge in [-0.05, 0) is 31.8 Å². The Labute approximate surface area is 123 Å². The lowest BCUT2D eigenvalue weighted by Gasteiger charge is -2.12. The molecule has 1 aromatic rings. The third kappa shape index (κ3) is 4.07.